The predicted molar refractivity (Wildman–Crippen MR) is 65.1 cm³/mol. The molecule has 19 heavy (non-hydrogen) atoms. The molecule has 0 bridgehead atoms. The number of rotatable bonds is 1. The first kappa shape index (κ1) is 13.9. The van der Waals surface area contributed by atoms with E-state index in [4.69, 9.17) is 0 Å². The Morgan fingerprint density at radius 1 is 1.21 bits per heavy atom. The lowest BCUT2D eigenvalue weighted by Crippen LogP contribution is -2.42. The highest BCUT2D eigenvalue weighted by Gasteiger charge is 2.38. The molecule has 0 aromatic heterocycles. The largest absolute Gasteiger partial charge is 0.337 e. The third-order valence-corrected chi connectivity index (χ3v) is 3.40. The van der Waals surface area contributed by atoms with Gasteiger partial charge >= 0.3 is 0 Å². The van der Waals surface area contributed by atoms with Crippen molar-refractivity contribution < 1.29 is 18.0 Å². The average molecular weight is 271 g/mol. The first-order valence-electron chi connectivity index (χ1n) is 6.15. The quantitative estimate of drug-likeness (QED) is 0.718. The molecule has 2 nitrogen and oxygen atoms in total. The molecule has 0 aliphatic carbocycles. The fourth-order valence-corrected chi connectivity index (χ4v) is 2.44. The first-order valence-corrected chi connectivity index (χ1v) is 6.15. The number of hydrogen-bond donors (Lipinski definition) is 0. The van der Waals surface area contributed by atoms with Crippen LogP contribution in [0.25, 0.3) is 0 Å². The van der Waals surface area contributed by atoms with E-state index in [1.165, 1.54) is 0 Å². The number of nitrogens with zero attached hydrogens (tertiary/aromatic N) is 1. The standard InChI is InChI=1S/C14H16F3NO/c1-14(2,3)18-7-8(4-12(18)19)10-5-9(15)6-11(16)13(10)17/h5-6,8H,4,7H2,1-3H3/t8-/m0/s1. The second-order valence-corrected chi connectivity index (χ2v) is 5.87. The summed E-state index contributed by atoms with van der Waals surface area (Å²) in [6.45, 7) is 5.89. The van der Waals surface area contributed by atoms with Gasteiger partial charge in [0.1, 0.15) is 5.82 Å². The zero-order chi connectivity index (χ0) is 14.4. The Hall–Kier alpha value is -1.52. The molecule has 5 heteroatoms. The summed E-state index contributed by atoms with van der Waals surface area (Å²) in [6, 6.07) is 1.49. The third kappa shape index (κ3) is 2.60. The minimum Gasteiger partial charge on any atom is -0.337 e. The van der Waals surface area contributed by atoms with Crippen LogP contribution in [0.2, 0.25) is 0 Å². The van der Waals surface area contributed by atoms with Crippen LogP contribution >= 0.6 is 0 Å². The maximum absolute atomic E-state index is 13.7. The maximum Gasteiger partial charge on any atom is 0.223 e. The van der Waals surface area contributed by atoms with Crippen LogP contribution in [0.4, 0.5) is 13.2 Å². The molecule has 2 rings (SSSR count). The van der Waals surface area contributed by atoms with Gasteiger partial charge in [-0.25, -0.2) is 13.2 Å². The Labute approximate surface area is 110 Å². The topological polar surface area (TPSA) is 20.3 Å². The van der Waals surface area contributed by atoms with Crippen LogP contribution in [-0.2, 0) is 4.79 Å². The molecule has 1 fully saturated rings. The number of carbonyl (C=O) groups is 1. The highest BCUT2D eigenvalue weighted by atomic mass is 19.2. The minimum absolute atomic E-state index is 0.0578. The number of hydrogen-bond acceptors (Lipinski definition) is 1. The number of halogens is 3. The fourth-order valence-electron chi connectivity index (χ4n) is 2.44. The van der Waals surface area contributed by atoms with Crippen molar-refractivity contribution in [1.29, 1.82) is 0 Å². The molecule has 1 aliphatic heterocycles. The summed E-state index contributed by atoms with van der Waals surface area (Å²) in [4.78, 5) is 13.5. The number of likely N-dealkylation sites (tertiary alicyclic amines) is 1. The fraction of sp³-hybridized carbons (Fsp3) is 0.500. The summed E-state index contributed by atoms with van der Waals surface area (Å²) in [5, 5.41) is 0. The first-order chi connectivity index (χ1) is 8.70. The minimum atomic E-state index is -1.21. The Bertz CT molecular complexity index is 522. The van der Waals surface area contributed by atoms with Gasteiger partial charge in [-0.3, -0.25) is 4.79 Å². The Morgan fingerprint density at radius 2 is 1.84 bits per heavy atom. The number of amides is 1. The van der Waals surface area contributed by atoms with E-state index in [-0.39, 0.29) is 30.0 Å². The molecule has 1 aromatic rings. The Morgan fingerprint density at radius 3 is 2.37 bits per heavy atom. The molecule has 0 N–H and O–H groups in total. The number of benzene rings is 1. The van der Waals surface area contributed by atoms with Crippen molar-refractivity contribution in [2.45, 2.75) is 38.6 Å². The molecule has 1 aliphatic rings. The van der Waals surface area contributed by atoms with Crippen molar-refractivity contribution in [3.8, 4) is 0 Å². The lowest BCUT2D eigenvalue weighted by atomic mass is 9.97. The summed E-state index contributed by atoms with van der Waals surface area (Å²) >= 11 is 0. The maximum atomic E-state index is 13.7. The van der Waals surface area contributed by atoms with Gasteiger partial charge in [0, 0.05) is 30.5 Å². The SMILES string of the molecule is CC(C)(C)N1C[C@@H](c2cc(F)cc(F)c2F)CC1=O. The molecule has 104 valence electrons. The van der Waals surface area contributed by atoms with Gasteiger partial charge in [0.05, 0.1) is 0 Å². The summed E-state index contributed by atoms with van der Waals surface area (Å²) in [7, 11) is 0. The van der Waals surface area contributed by atoms with Gasteiger partial charge in [0.2, 0.25) is 5.91 Å². The molecule has 1 amide bonds. The van der Waals surface area contributed by atoms with Gasteiger partial charge in [-0.2, -0.15) is 0 Å². The number of carbonyl (C=O) groups excluding carboxylic acids is 1. The molecular formula is C14H16F3NO. The van der Waals surface area contributed by atoms with Crippen molar-refractivity contribution in [3.05, 3.63) is 35.1 Å². The normalized spacial score (nSPS) is 20.2. The van der Waals surface area contributed by atoms with Crippen molar-refractivity contribution >= 4 is 5.91 Å². The monoisotopic (exact) mass is 271 g/mol. The Balaban J connectivity index is 2.33. The van der Waals surface area contributed by atoms with E-state index in [0.29, 0.717) is 6.07 Å². The van der Waals surface area contributed by atoms with Crippen LogP contribution in [0.3, 0.4) is 0 Å². The second kappa shape index (κ2) is 4.54. The van der Waals surface area contributed by atoms with Crippen molar-refractivity contribution in [1.82, 2.24) is 4.90 Å². The van der Waals surface area contributed by atoms with Crippen LogP contribution in [0.5, 0.6) is 0 Å². The smallest absolute Gasteiger partial charge is 0.223 e. The zero-order valence-electron chi connectivity index (χ0n) is 11.1. The summed E-state index contributed by atoms with van der Waals surface area (Å²) in [5.41, 5.74) is -0.439. The van der Waals surface area contributed by atoms with Gasteiger partial charge in [0.25, 0.3) is 0 Å². The predicted octanol–water partition coefficient (Wildman–Crippen LogP) is 3.22. The van der Waals surface area contributed by atoms with Crippen molar-refractivity contribution in [3.63, 3.8) is 0 Å². The van der Waals surface area contributed by atoms with Gasteiger partial charge in [-0.15, -0.1) is 0 Å². The summed E-state index contributed by atoms with van der Waals surface area (Å²) < 4.78 is 40.1. The molecule has 0 spiro atoms. The molecule has 1 heterocycles. The molecule has 0 unspecified atom stereocenters. The lowest BCUT2D eigenvalue weighted by Gasteiger charge is -2.32. The average Bonchev–Trinajstić information content (AvgIpc) is 2.65. The molecule has 0 radical (unpaired) electrons. The van der Waals surface area contributed by atoms with E-state index in [1.807, 2.05) is 20.8 Å². The van der Waals surface area contributed by atoms with Crippen LogP contribution in [0.15, 0.2) is 12.1 Å². The molecule has 1 atom stereocenters. The zero-order valence-corrected chi connectivity index (χ0v) is 11.1. The summed E-state index contributed by atoms with van der Waals surface area (Å²) in [5.74, 6) is -3.72. The van der Waals surface area contributed by atoms with E-state index in [2.05, 4.69) is 0 Å². The van der Waals surface area contributed by atoms with Gasteiger partial charge in [-0.1, -0.05) is 0 Å². The second-order valence-electron chi connectivity index (χ2n) is 5.87. The third-order valence-electron chi connectivity index (χ3n) is 3.40. The van der Waals surface area contributed by atoms with Crippen LogP contribution < -0.4 is 0 Å². The van der Waals surface area contributed by atoms with E-state index < -0.39 is 23.4 Å². The highest BCUT2D eigenvalue weighted by Crippen LogP contribution is 2.34. The van der Waals surface area contributed by atoms with Gasteiger partial charge in [0.15, 0.2) is 11.6 Å². The van der Waals surface area contributed by atoms with E-state index in [0.717, 1.165) is 6.07 Å². The molecule has 1 aromatic carbocycles. The van der Waals surface area contributed by atoms with E-state index in [1.54, 1.807) is 4.90 Å². The van der Waals surface area contributed by atoms with Gasteiger partial charge in [-0.05, 0) is 32.4 Å². The van der Waals surface area contributed by atoms with Gasteiger partial charge < -0.3 is 4.90 Å². The highest BCUT2D eigenvalue weighted by molar-refractivity contribution is 5.80. The van der Waals surface area contributed by atoms with Crippen molar-refractivity contribution in [2.24, 2.45) is 0 Å². The summed E-state index contributed by atoms with van der Waals surface area (Å²) in [6.07, 6.45) is 0.0804. The molecular weight excluding hydrogens is 255 g/mol. The lowest BCUT2D eigenvalue weighted by molar-refractivity contribution is -0.131. The van der Waals surface area contributed by atoms with Crippen molar-refractivity contribution in [2.75, 3.05) is 6.54 Å². The molecule has 1 saturated heterocycles. The van der Waals surface area contributed by atoms with Crippen LogP contribution in [0.1, 0.15) is 38.7 Å². The van der Waals surface area contributed by atoms with E-state index >= 15 is 0 Å². The Kier molecular flexibility index (Phi) is 3.32. The van der Waals surface area contributed by atoms with E-state index in [9.17, 15) is 18.0 Å². The molecule has 0 saturated carbocycles. The van der Waals surface area contributed by atoms with Crippen LogP contribution in [-0.4, -0.2) is 22.9 Å². The van der Waals surface area contributed by atoms with Crippen LogP contribution in [0, 0.1) is 17.5 Å².